The van der Waals surface area contributed by atoms with Crippen molar-refractivity contribution in [2.45, 2.75) is 64.1 Å². The van der Waals surface area contributed by atoms with E-state index < -0.39 is 0 Å². The highest BCUT2D eigenvalue weighted by molar-refractivity contribution is 7.13. The molecule has 7 heteroatoms. The molecule has 0 aromatic carbocycles. The number of amides is 2. The van der Waals surface area contributed by atoms with E-state index in [1.807, 2.05) is 16.5 Å². The third-order valence-electron chi connectivity index (χ3n) is 4.99. The Morgan fingerprint density at radius 1 is 1.20 bits per heavy atom. The third-order valence-corrected chi connectivity index (χ3v) is 5.82. The van der Waals surface area contributed by atoms with Gasteiger partial charge in [0.1, 0.15) is 0 Å². The lowest BCUT2D eigenvalue weighted by Gasteiger charge is -2.46. The lowest BCUT2D eigenvalue weighted by molar-refractivity contribution is 0.139. The van der Waals surface area contributed by atoms with Gasteiger partial charge in [-0.2, -0.15) is 0 Å². The standard InChI is InChI=1S/C18H31N5OS/c1-17(2)12-14(13-18(3,4)21-17)20-15(24)22-7-5-8-23(10-9-22)16-19-6-11-25-16/h6,11,14,21H,5,7-10,12-13H2,1-4H3,(H,20,24). The molecule has 2 amide bonds. The summed E-state index contributed by atoms with van der Waals surface area (Å²) in [6, 6.07) is 0.302. The monoisotopic (exact) mass is 365 g/mol. The minimum Gasteiger partial charge on any atom is -0.346 e. The first-order valence-corrected chi connectivity index (χ1v) is 10.1. The molecule has 25 heavy (non-hydrogen) atoms. The lowest BCUT2D eigenvalue weighted by atomic mass is 9.80. The molecule has 3 rings (SSSR count). The Kier molecular flexibility index (Phi) is 5.25. The fraction of sp³-hybridized carbons (Fsp3) is 0.778. The largest absolute Gasteiger partial charge is 0.346 e. The first-order valence-electron chi connectivity index (χ1n) is 9.23. The molecule has 2 saturated heterocycles. The van der Waals surface area contributed by atoms with Gasteiger partial charge in [-0.15, -0.1) is 11.3 Å². The summed E-state index contributed by atoms with van der Waals surface area (Å²) in [5, 5.41) is 10.0. The average Bonchev–Trinajstić information content (AvgIpc) is 2.88. The fourth-order valence-corrected chi connectivity index (χ4v) is 5.07. The van der Waals surface area contributed by atoms with E-state index in [2.05, 4.69) is 48.2 Å². The van der Waals surface area contributed by atoms with Crippen LogP contribution in [0.3, 0.4) is 0 Å². The average molecular weight is 366 g/mol. The number of aromatic nitrogens is 1. The summed E-state index contributed by atoms with van der Waals surface area (Å²) in [4.78, 5) is 21.4. The van der Waals surface area contributed by atoms with Crippen LogP contribution in [0.1, 0.15) is 47.0 Å². The maximum Gasteiger partial charge on any atom is 0.317 e. The van der Waals surface area contributed by atoms with Crippen LogP contribution < -0.4 is 15.5 Å². The molecule has 2 aliphatic rings. The first kappa shape index (κ1) is 18.5. The van der Waals surface area contributed by atoms with Crippen LogP contribution in [0.5, 0.6) is 0 Å². The van der Waals surface area contributed by atoms with Crippen molar-refractivity contribution in [1.82, 2.24) is 20.5 Å². The van der Waals surface area contributed by atoms with E-state index in [1.165, 1.54) is 0 Å². The normalized spacial score (nSPS) is 24.0. The van der Waals surface area contributed by atoms with Gasteiger partial charge < -0.3 is 20.4 Å². The number of carbonyl (C=O) groups is 1. The van der Waals surface area contributed by atoms with Crippen molar-refractivity contribution in [3.05, 3.63) is 11.6 Å². The summed E-state index contributed by atoms with van der Waals surface area (Å²) >= 11 is 1.67. The maximum absolute atomic E-state index is 12.8. The van der Waals surface area contributed by atoms with Crippen molar-refractivity contribution in [2.24, 2.45) is 0 Å². The highest BCUT2D eigenvalue weighted by atomic mass is 32.1. The van der Waals surface area contributed by atoms with E-state index in [4.69, 9.17) is 0 Å². The number of rotatable bonds is 2. The number of hydrogen-bond acceptors (Lipinski definition) is 5. The van der Waals surface area contributed by atoms with E-state index in [0.717, 1.165) is 50.6 Å². The van der Waals surface area contributed by atoms with Gasteiger partial charge in [0.05, 0.1) is 0 Å². The van der Waals surface area contributed by atoms with Crippen LogP contribution in [0, 0.1) is 0 Å². The highest BCUT2D eigenvalue weighted by Crippen LogP contribution is 2.28. The van der Waals surface area contributed by atoms with Crippen LogP contribution in [0.4, 0.5) is 9.93 Å². The highest BCUT2D eigenvalue weighted by Gasteiger charge is 2.38. The second kappa shape index (κ2) is 7.11. The van der Waals surface area contributed by atoms with Crippen LogP contribution in [0.15, 0.2) is 11.6 Å². The van der Waals surface area contributed by atoms with Crippen LogP contribution in [0.2, 0.25) is 0 Å². The number of anilines is 1. The molecule has 2 fully saturated rings. The number of nitrogens with one attached hydrogen (secondary N) is 2. The molecule has 0 spiro atoms. The number of piperidine rings is 1. The van der Waals surface area contributed by atoms with E-state index in [-0.39, 0.29) is 23.2 Å². The molecule has 140 valence electrons. The Morgan fingerprint density at radius 2 is 1.92 bits per heavy atom. The molecule has 0 unspecified atom stereocenters. The second-order valence-corrected chi connectivity index (χ2v) is 9.46. The summed E-state index contributed by atoms with van der Waals surface area (Å²) in [5.41, 5.74) is 0.0836. The minimum atomic E-state index is 0.0418. The fourth-order valence-electron chi connectivity index (χ4n) is 4.37. The lowest BCUT2D eigenvalue weighted by Crippen LogP contribution is -2.63. The van der Waals surface area contributed by atoms with Gasteiger partial charge in [-0.3, -0.25) is 0 Å². The first-order chi connectivity index (χ1) is 11.7. The Labute approximate surface area is 155 Å². The van der Waals surface area contributed by atoms with Crippen LogP contribution in [0.25, 0.3) is 0 Å². The molecule has 3 heterocycles. The van der Waals surface area contributed by atoms with Crippen molar-refractivity contribution in [3.8, 4) is 0 Å². The molecule has 0 saturated carbocycles. The number of carbonyl (C=O) groups excluding carboxylic acids is 1. The van der Waals surface area contributed by atoms with Crippen molar-refractivity contribution >= 4 is 22.5 Å². The molecule has 0 bridgehead atoms. The number of urea groups is 1. The molecule has 1 aromatic heterocycles. The Morgan fingerprint density at radius 3 is 2.56 bits per heavy atom. The van der Waals surface area contributed by atoms with E-state index in [9.17, 15) is 4.79 Å². The molecule has 1 aromatic rings. The number of hydrogen-bond donors (Lipinski definition) is 2. The number of thiazole rings is 1. The summed E-state index contributed by atoms with van der Waals surface area (Å²) in [6.07, 6.45) is 4.74. The zero-order valence-corrected chi connectivity index (χ0v) is 16.7. The zero-order chi connectivity index (χ0) is 18.1. The van der Waals surface area contributed by atoms with Crippen molar-refractivity contribution in [2.75, 3.05) is 31.1 Å². The van der Waals surface area contributed by atoms with Crippen LogP contribution in [-0.4, -0.2) is 59.2 Å². The molecule has 0 radical (unpaired) electrons. The van der Waals surface area contributed by atoms with E-state index in [0.29, 0.717) is 0 Å². The van der Waals surface area contributed by atoms with Gasteiger partial charge in [0, 0.05) is 54.9 Å². The summed E-state index contributed by atoms with van der Waals surface area (Å²) in [5.74, 6) is 0. The van der Waals surface area contributed by atoms with E-state index >= 15 is 0 Å². The molecular weight excluding hydrogens is 334 g/mol. The van der Waals surface area contributed by atoms with Gasteiger partial charge in [-0.1, -0.05) is 0 Å². The van der Waals surface area contributed by atoms with Crippen molar-refractivity contribution in [3.63, 3.8) is 0 Å². The van der Waals surface area contributed by atoms with Crippen LogP contribution >= 0.6 is 11.3 Å². The van der Waals surface area contributed by atoms with E-state index in [1.54, 1.807) is 11.3 Å². The molecule has 0 atom stereocenters. The molecule has 2 aliphatic heterocycles. The molecular formula is C18H31N5OS. The Bertz CT molecular complexity index is 570. The van der Waals surface area contributed by atoms with Gasteiger partial charge in [-0.05, 0) is 47.0 Å². The topological polar surface area (TPSA) is 60.5 Å². The SMILES string of the molecule is CC1(C)CC(NC(=O)N2CCCN(c3nccs3)CC2)CC(C)(C)N1. The van der Waals surface area contributed by atoms with Gasteiger partial charge in [0.15, 0.2) is 5.13 Å². The summed E-state index contributed by atoms with van der Waals surface area (Å²) < 4.78 is 0. The Balaban J connectivity index is 1.56. The van der Waals surface area contributed by atoms with Gasteiger partial charge in [-0.25, -0.2) is 9.78 Å². The molecule has 0 aliphatic carbocycles. The minimum absolute atomic E-state index is 0.0418. The smallest absolute Gasteiger partial charge is 0.317 e. The van der Waals surface area contributed by atoms with Gasteiger partial charge >= 0.3 is 6.03 Å². The quantitative estimate of drug-likeness (QED) is 0.846. The predicted octanol–water partition coefficient (Wildman–Crippen LogP) is 2.67. The predicted molar refractivity (Wildman–Crippen MR) is 103 cm³/mol. The second-order valence-electron chi connectivity index (χ2n) is 8.59. The maximum atomic E-state index is 12.8. The van der Waals surface area contributed by atoms with Crippen molar-refractivity contribution < 1.29 is 4.79 Å². The Hall–Kier alpha value is -1.34. The van der Waals surface area contributed by atoms with Gasteiger partial charge in [0.2, 0.25) is 0 Å². The molecule has 2 N–H and O–H groups in total. The number of nitrogens with zero attached hydrogens (tertiary/aromatic N) is 3. The summed E-state index contributed by atoms with van der Waals surface area (Å²) in [6.45, 7) is 12.2. The van der Waals surface area contributed by atoms with Crippen molar-refractivity contribution in [1.29, 1.82) is 0 Å². The zero-order valence-electron chi connectivity index (χ0n) is 15.8. The third kappa shape index (κ3) is 4.85. The molecule has 6 nitrogen and oxygen atoms in total. The van der Waals surface area contributed by atoms with Crippen LogP contribution in [-0.2, 0) is 0 Å². The summed E-state index contributed by atoms with van der Waals surface area (Å²) in [7, 11) is 0. The van der Waals surface area contributed by atoms with Gasteiger partial charge in [0.25, 0.3) is 0 Å².